The lowest BCUT2D eigenvalue weighted by molar-refractivity contribution is -0.132. The van der Waals surface area contributed by atoms with Gasteiger partial charge in [-0.25, -0.2) is 0 Å². The number of carbonyl (C=O) groups is 1. The Hall–Kier alpha value is -0.240. The Morgan fingerprint density at radius 1 is 1.57 bits per heavy atom. The van der Waals surface area contributed by atoms with E-state index in [1.165, 1.54) is 12.8 Å². The number of carbonyl (C=O) groups excluding carboxylic acids is 1. The zero-order valence-corrected chi connectivity index (χ0v) is 9.68. The van der Waals surface area contributed by atoms with Crippen molar-refractivity contribution in [3.8, 4) is 0 Å². The van der Waals surface area contributed by atoms with Crippen molar-refractivity contribution in [2.24, 2.45) is 5.41 Å². The second kappa shape index (κ2) is 3.41. The fourth-order valence-electron chi connectivity index (χ4n) is 2.17. The van der Waals surface area contributed by atoms with Gasteiger partial charge in [-0.3, -0.25) is 4.79 Å². The first-order valence-electron chi connectivity index (χ1n) is 5.44. The first-order chi connectivity index (χ1) is 6.50. The van der Waals surface area contributed by atoms with Gasteiger partial charge in [0.15, 0.2) is 0 Å². The summed E-state index contributed by atoms with van der Waals surface area (Å²) in [5.41, 5.74) is 0.321. The lowest BCUT2D eigenvalue weighted by atomic mass is 10.0. The first kappa shape index (κ1) is 10.3. The molecule has 1 aliphatic carbocycles. The number of halogens is 1. The van der Waals surface area contributed by atoms with Crippen LogP contribution in [0.15, 0.2) is 0 Å². The number of alkyl halides is 1. The zero-order chi connectivity index (χ0) is 10.3. The summed E-state index contributed by atoms with van der Waals surface area (Å²) in [6.45, 7) is 5.04. The van der Waals surface area contributed by atoms with E-state index in [0.29, 0.717) is 17.4 Å². The van der Waals surface area contributed by atoms with Crippen molar-refractivity contribution in [2.75, 3.05) is 6.54 Å². The Kier molecular flexibility index (Phi) is 2.50. The highest BCUT2D eigenvalue weighted by molar-refractivity contribution is 6.21. The molecule has 0 aromatic rings. The average molecular weight is 216 g/mol. The van der Waals surface area contributed by atoms with Gasteiger partial charge in [-0.05, 0) is 31.6 Å². The van der Waals surface area contributed by atoms with E-state index in [9.17, 15) is 4.79 Å². The van der Waals surface area contributed by atoms with Crippen LogP contribution in [0, 0.1) is 5.41 Å². The number of hydrogen-bond donors (Lipinski definition) is 0. The molecular weight excluding hydrogens is 198 g/mol. The predicted molar refractivity (Wildman–Crippen MR) is 57.4 cm³/mol. The largest absolute Gasteiger partial charge is 0.338 e. The molecule has 80 valence electrons. The van der Waals surface area contributed by atoms with Gasteiger partial charge in [0.2, 0.25) is 5.91 Å². The number of amides is 1. The lowest BCUT2D eigenvalue weighted by Gasteiger charge is -2.22. The van der Waals surface area contributed by atoms with Gasteiger partial charge >= 0.3 is 0 Å². The fraction of sp³-hybridized carbons (Fsp3) is 0.909. The average Bonchev–Trinajstić information content (AvgIpc) is 2.68. The van der Waals surface area contributed by atoms with Gasteiger partial charge in [-0.15, -0.1) is 11.6 Å². The topological polar surface area (TPSA) is 20.3 Å². The van der Waals surface area contributed by atoms with Crippen LogP contribution in [0.1, 0.15) is 39.5 Å². The van der Waals surface area contributed by atoms with E-state index in [0.717, 1.165) is 19.4 Å². The second-order valence-electron chi connectivity index (χ2n) is 5.22. The molecule has 0 N–H and O–H groups in total. The van der Waals surface area contributed by atoms with Crippen LogP contribution in [0.2, 0.25) is 0 Å². The molecule has 1 aliphatic heterocycles. The highest BCUT2D eigenvalue weighted by atomic mass is 35.5. The van der Waals surface area contributed by atoms with Crippen molar-refractivity contribution >= 4 is 17.5 Å². The Balaban J connectivity index is 1.91. The summed E-state index contributed by atoms with van der Waals surface area (Å²) in [6.07, 6.45) is 4.10. The third-order valence-corrected chi connectivity index (χ3v) is 3.84. The normalized spacial score (nSPS) is 34.6. The quantitative estimate of drug-likeness (QED) is 0.648. The van der Waals surface area contributed by atoms with Crippen molar-refractivity contribution < 1.29 is 4.79 Å². The molecule has 0 aromatic carbocycles. The standard InChI is InChI=1S/C11H18ClNO/c1-8-5-9(12)7-13(8)10(14)6-11(2)3-4-11/h8-9H,3-7H2,1-2H3. The number of nitrogens with zero attached hydrogens (tertiary/aromatic N) is 1. The van der Waals surface area contributed by atoms with Crippen LogP contribution >= 0.6 is 11.6 Å². The van der Waals surface area contributed by atoms with Crippen LogP contribution in [0.4, 0.5) is 0 Å². The molecule has 0 aromatic heterocycles. The molecule has 2 fully saturated rings. The van der Waals surface area contributed by atoms with Crippen LogP contribution in [-0.4, -0.2) is 28.8 Å². The Labute approximate surface area is 90.6 Å². The van der Waals surface area contributed by atoms with E-state index in [-0.39, 0.29) is 5.38 Å². The Bertz CT molecular complexity index is 250. The number of rotatable bonds is 2. The van der Waals surface area contributed by atoms with Crippen LogP contribution in [0.25, 0.3) is 0 Å². The molecule has 1 amide bonds. The van der Waals surface area contributed by atoms with E-state index in [1.54, 1.807) is 0 Å². The molecule has 1 heterocycles. The highest BCUT2D eigenvalue weighted by Crippen LogP contribution is 2.48. The summed E-state index contributed by atoms with van der Waals surface area (Å²) in [7, 11) is 0. The molecule has 14 heavy (non-hydrogen) atoms. The molecule has 2 unspecified atom stereocenters. The molecule has 0 bridgehead atoms. The molecule has 0 radical (unpaired) electrons. The molecule has 2 aliphatic rings. The fourth-order valence-corrected chi connectivity index (χ4v) is 2.58. The van der Waals surface area contributed by atoms with Gasteiger partial charge in [-0.1, -0.05) is 6.92 Å². The van der Waals surface area contributed by atoms with Crippen molar-refractivity contribution in [2.45, 2.75) is 50.9 Å². The maximum absolute atomic E-state index is 11.9. The third-order valence-electron chi connectivity index (χ3n) is 3.53. The summed E-state index contributed by atoms with van der Waals surface area (Å²) >= 11 is 6.04. The van der Waals surface area contributed by atoms with E-state index < -0.39 is 0 Å². The Morgan fingerprint density at radius 2 is 2.21 bits per heavy atom. The van der Waals surface area contributed by atoms with Gasteiger partial charge in [0, 0.05) is 19.0 Å². The van der Waals surface area contributed by atoms with Crippen LogP contribution in [0.3, 0.4) is 0 Å². The second-order valence-corrected chi connectivity index (χ2v) is 5.83. The maximum atomic E-state index is 11.9. The van der Waals surface area contributed by atoms with Crippen LogP contribution < -0.4 is 0 Å². The highest BCUT2D eigenvalue weighted by Gasteiger charge is 2.42. The van der Waals surface area contributed by atoms with Crippen molar-refractivity contribution in [1.29, 1.82) is 0 Å². The first-order valence-corrected chi connectivity index (χ1v) is 5.87. The molecular formula is C11H18ClNO. The van der Waals surface area contributed by atoms with Gasteiger partial charge in [0.1, 0.15) is 0 Å². The minimum atomic E-state index is 0.168. The number of hydrogen-bond acceptors (Lipinski definition) is 1. The molecule has 2 rings (SSSR count). The summed E-state index contributed by atoms with van der Waals surface area (Å²) in [5.74, 6) is 0.306. The van der Waals surface area contributed by atoms with E-state index >= 15 is 0 Å². The van der Waals surface area contributed by atoms with Gasteiger partial charge in [0.25, 0.3) is 0 Å². The minimum Gasteiger partial charge on any atom is -0.338 e. The minimum absolute atomic E-state index is 0.168. The summed E-state index contributed by atoms with van der Waals surface area (Å²) in [5, 5.41) is 0.168. The maximum Gasteiger partial charge on any atom is 0.223 e. The van der Waals surface area contributed by atoms with Crippen LogP contribution in [0.5, 0.6) is 0 Å². The van der Waals surface area contributed by atoms with Gasteiger partial charge in [-0.2, -0.15) is 0 Å². The zero-order valence-electron chi connectivity index (χ0n) is 8.92. The molecule has 1 saturated heterocycles. The molecule has 2 atom stereocenters. The summed E-state index contributed by atoms with van der Waals surface area (Å²) < 4.78 is 0. The van der Waals surface area contributed by atoms with Gasteiger partial charge < -0.3 is 4.90 Å². The number of likely N-dealkylation sites (tertiary alicyclic amines) is 1. The third kappa shape index (κ3) is 2.05. The van der Waals surface area contributed by atoms with Crippen molar-refractivity contribution in [1.82, 2.24) is 4.90 Å². The summed E-state index contributed by atoms with van der Waals surface area (Å²) in [4.78, 5) is 13.9. The van der Waals surface area contributed by atoms with Gasteiger partial charge in [0.05, 0.1) is 5.38 Å². The monoisotopic (exact) mass is 215 g/mol. The molecule has 3 heteroatoms. The van der Waals surface area contributed by atoms with E-state index in [4.69, 9.17) is 11.6 Å². The summed E-state index contributed by atoms with van der Waals surface area (Å²) in [6, 6.07) is 0.340. The predicted octanol–water partition coefficient (Wildman–Crippen LogP) is 2.40. The lowest BCUT2D eigenvalue weighted by Crippen LogP contribution is -2.35. The van der Waals surface area contributed by atoms with Crippen molar-refractivity contribution in [3.05, 3.63) is 0 Å². The molecule has 1 saturated carbocycles. The molecule has 2 nitrogen and oxygen atoms in total. The van der Waals surface area contributed by atoms with E-state index in [2.05, 4.69) is 13.8 Å². The van der Waals surface area contributed by atoms with Crippen molar-refractivity contribution in [3.63, 3.8) is 0 Å². The van der Waals surface area contributed by atoms with Crippen LogP contribution in [-0.2, 0) is 4.79 Å². The smallest absolute Gasteiger partial charge is 0.223 e. The SMILES string of the molecule is CC1CC(Cl)CN1C(=O)CC1(C)CC1. The van der Waals surface area contributed by atoms with E-state index in [1.807, 2.05) is 4.90 Å². The Morgan fingerprint density at radius 3 is 2.64 bits per heavy atom. The molecule has 0 spiro atoms.